The van der Waals surface area contributed by atoms with Gasteiger partial charge in [-0.2, -0.15) is 0 Å². The molecule has 33 heavy (non-hydrogen) atoms. The lowest BCUT2D eigenvalue weighted by molar-refractivity contribution is -0.145. The quantitative estimate of drug-likeness (QED) is 0.519. The van der Waals surface area contributed by atoms with E-state index in [0.29, 0.717) is 29.6 Å². The van der Waals surface area contributed by atoms with Gasteiger partial charge in [0.05, 0.1) is 12.8 Å². The second kappa shape index (κ2) is 8.91. The highest BCUT2D eigenvalue weighted by atomic mass is 32.2. The number of anilines is 2. The van der Waals surface area contributed by atoms with Crippen LogP contribution in [0.15, 0.2) is 40.5 Å². The first-order chi connectivity index (χ1) is 15.8. The van der Waals surface area contributed by atoms with Gasteiger partial charge in [0.25, 0.3) is 0 Å². The fraction of sp³-hybridized carbons (Fsp3) is 0.577. The molecule has 1 saturated heterocycles. The van der Waals surface area contributed by atoms with E-state index in [-0.39, 0.29) is 5.97 Å². The summed E-state index contributed by atoms with van der Waals surface area (Å²) in [5, 5.41) is 4.37. The third kappa shape index (κ3) is 4.76. The van der Waals surface area contributed by atoms with Crippen LogP contribution < -0.4 is 5.32 Å². The molecule has 1 aliphatic carbocycles. The second-order valence-electron chi connectivity index (χ2n) is 11.0. The Morgan fingerprint density at radius 3 is 2.61 bits per heavy atom. The molecule has 176 valence electrons. The molecule has 3 heterocycles. The van der Waals surface area contributed by atoms with Crippen LogP contribution in [-0.2, 0) is 16.1 Å². The highest BCUT2D eigenvalue weighted by molar-refractivity contribution is 7.99. The van der Waals surface area contributed by atoms with Crippen molar-refractivity contribution in [3.05, 3.63) is 36.2 Å². The van der Waals surface area contributed by atoms with Crippen molar-refractivity contribution in [2.75, 3.05) is 25.5 Å². The van der Waals surface area contributed by atoms with Crippen molar-refractivity contribution in [3.63, 3.8) is 0 Å². The molecule has 2 fully saturated rings. The average molecular weight is 467 g/mol. The van der Waals surface area contributed by atoms with E-state index in [9.17, 15) is 4.79 Å². The number of benzene rings is 1. The third-order valence-electron chi connectivity index (χ3n) is 7.80. The Morgan fingerprint density at radius 1 is 1.18 bits per heavy atom. The molecule has 1 saturated carbocycles. The monoisotopic (exact) mass is 466 g/mol. The number of likely N-dealkylation sites (tertiary alicyclic amines) is 1. The standard InChI is InChI=1S/C26H34N4O2S/c1-26(2,3)19-10-17-14-30(15-18(11-19)20(17)12-23(31)32-4)13-16-5-6-22-21(9-16)29-24-25(33-22)28-8-7-27-24/h5-9,17-20H,10-15H2,1-4H3,(H,27,29). The normalized spacial score (nSPS) is 26.7. The van der Waals surface area contributed by atoms with E-state index in [1.165, 1.54) is 30.4 Å². The maximum absolute atomic E-state index is 12.1. The zero-order valence-corrected chi connectivity index (χ0v) is 20.8. The molecule has 2 bridgehead atoms. The Labute approximate surface area is 200 Å². The minimum Gasteiger partial charge on any atom is -0.469 e. The molecule has 2 aromatic rings. The van der Waals surface area contributed by atoms with Gasteiger partial charge in [-0.15, -0.1) is 0 Å². The summed E-state index contributed by atoms with van der Waals surface area (Å²) in [5.74, 6) is 3.04. The summed E-state index contributed by atoms with van der Waals surface area (Å²) in [5.41, 5.74) is 2.74. The van der Waals surface area contributed by atoms with Crippen molar-refractivity contribution < 1.29 is 9.53 Å². The Morgan fingerprint density at radius 2 is 1.91 bits per heavy atom. The molecule has 2 atom stereocenters. The van der Waals surface area contributed by atoms with Gasteiger partial charge in [-0.1, -0.05) is 38.6 Å². The number of hydrogen-bond donors (Lipinski definition) is 1. The van der Waals surface area contributed by atoms with Gasteiger partial charge < -0.3 is 10.1 Å². The molecule has 2 unspecified atom stereocenters. The van der Waals surface area contributed by atoms with Gasteiger partial charge in [0.15, 0.2) is 5.82 Å². The lowest BCUT2D eigenvalue weighted by Gasteiger charge is -2.52. The number of rotatable bonds is 4. The number of nitrogens with one attached hydrogen (secondary N) is 1. The molecule has 0 amide bonds. The Balaban J connectivity index is 1.30. The van der Waals surface area contributed by atoms with Gasteiger partial charge in [0.1, 0.15) is 5.03 Å². The van der Waals surface area contributed by atoms with Gasteiger partial charge in [-0.25, -0.2) is 9.97 Å². The number of nitrogens with zero attached hydrogens (tertiary/aromatic N) is 3. The lowest BCUT2D eigenvalue weighted by Crippen LogP contribution is -2.52. The number of carbonyl (C=O) groups excluding carboxylic acids is 1. The maximum Gasteiger partial charge on any atom is 0.305 e. The molecule has 2 aliphatic heterocycles. The fourth-order valence-electron chi connectivity index (χ4n) is 6.00. The van der Waals surface area contributed by atoms with Crippen LogP contribution in [0.3, 0.4) is 0 Å². The third-order valence-corrected chi connectivity index (χ3v) is 8.87. The summed E-state index contributed by atoms with van der Waals surface area (Å²) < 4.78 is 5.04. The summed E-state index contributed by atoms with van der Waals surface area (Å²) in [4.78, 5) is 24.8. The first-order valence-electron chi connectivity index (χ1n) is 12.0. The minimum absolute atomic E-state index is 0.0562. The molecule has 6 nitrogen and oxygen atoms in total. The summed E-state index contributed by atoms with van der Waals surface area (Å²) in [6.07, 6.45) is 6.43. The molecular formula is C26H34N4O2S. The van der Waals surface area contributed by atoms with E-state index in [2.05, 4.69) is 59.2 Å². The van der Waals surface area contributed by atoms with Crippen LogP contribution in [0.5, 0.6) is 0 Å². The van der Waals surface area contributed by atoms with Crippen LogP contribution >= 0.6 is 11.8 Å². The van der Waals surface area contributed by atoms with Crippen LogP contribution in [0.2, 0.25) is 0 Å². The minimum atomic E-state index is -0.0562. The van der Waals surface area contributed by atoms with Gasteiger partial charge in [-0.3, -0.25) is 9.69 Å². The van der Waals surface area contributed by atoms with Crippen molar-refractivity contribution in [2.24, 2.45) is 29.1 Å². The topological polar surface area (TPSA) is 67.3 Å². The van der Waals surface area contributed by atoms with Crippen molar-refractivity contribution in [1.82, 2.24) is 14.9 Å². The number of ether oxygens (including phenoxy) is 1. The van der Waals surface area contributed by atoms with E-state index in [0.717, 1.165) is 42.1 Å². The molecule has 1 N–H and O–H groups in total. The SMILES string of the molecule is COC(=O)CC1C2CC(C(C)(C)C)CC1CN(Cc1ccc3c(c1)Nc1nccnc1S3)C2. The van der Waals surface area contributed by atoms with Crippen LogP contribution in [0, 0.1) is 29.1 Å². The lowest BCUT2D eigenvalue weighted by atomic mass is 9.59. The first kappa shape index (κ1) is 22.7. The van der Waals surface area contributed by atoms with Crippen LogP contribution in [0.25, 0.3) is 0 Å². The highest BCUT2D eigenvalue weighted by Gasteiger charge is 2.46. The van der Waals surface area contributed by atoms with Crippen molar-refractivity contribution in [1.29, 1.82) is 0 Å². The van der Waals surface area contributed by atoms with Gasteiger partial charge >= 0.3 is 5.97 Å². The zero-order chi connectivity index (χ0) is 23.2. The van der Waals surface area contributed by atoms with Crippen molar-refractivity contribution >= 4 is 29.2 Å². The highest BCUT2D eigenvalue weighted by Crippen LogP contribution is 2.50. The number of fused-ring (bicyclic) bond motifs is 4. The van der Waals surface area contributed by atoms with E-state index in [1.807, 2.05) is 0 Å². The van der Waals surface area contributed by atoms with E-state index >= 15 is 0 Å². The summed E-state index contributed by atoms with van der Waals surface area (Å²) in [6, 6.07) is 6.69. The molecule has 5 rings (SSSR count). The van der Waals surface area contributed by atoms with E-state index in [4.69, 9.17) is 4.74 Å². The van der Waals surface area contributed by atoms with Crippen molar-refractivity contribution in [3.8, 4) is 0 Å². The Hall–Kier alpha value is -2.12. The van der Waals surface area contributed by atoms with Crippen LogP contribution in [-0.4, -0.2) is 41.0 Å². The molecule has 1 aromatic heterocycles. The smallest absolute Gasteiger partial charge is 0.305 e. The van der Waals surface area contributed by atoms with Gasteiger partial charge in [-0.05, 0) is 59.6 Å². The number of methoxy groups -OCH3 is 1. The van der Waals surface area contributed by atoms with Crippen LogP contribution in [0.1, 0.15) is 45.6 Å². The number of piperidine rings is 1. The number of aromatic nitrogens is 2. The molecule has 0 spiro atoms. The zero-order valence-electron chi connectivity index (χ0n) is 20.0. The number of hydrogen-bond acceptors (Lipinski definition) is 7. The predicted molar refractivity (Wildman–Crippen MR) is 130 cm³/mol. The Kier molecular flexibility index (Phi) is 6.12. The molecule has 1 aromatic carbocycles. The first-order valence-corrected chi connectivity index (χ1v) is 12.8. The average Bonchev–Trinajstić information content (AvgIpc) is 2.77. The molecule has 7 heteroatoms. The summed E-state index contributed by atoms with van der Waals surface area (Å²) in [7, 11) is 1.51. The van der Waals surface area contributed by atoms with E-state index < -0.39 is 0 Å². The molecule has 3 aliphatic rings. The molecular weight excluding hydrogens is 432 g/mol. The summed E-state index contributed by atoms with van der Waals surface area (Å²) >= 11 is 1.67. The van der Waals surface area contributed by atoms with Gasteiger partial charge in [0, 0.05) is 43.3 Å². The maximum atomic E-state index is 12.1. The fourth-order valence-corrected chi connectivity index (χ4v) is 6.88. The molecule has 0 radical (unpaired) electrons. The number of esters is 1. The summed E-state index contributed by atoms with van der Waals surface area (Å²) in [6.45, 7) is 10.1. The van der Waals surface area contributed by atoms with E-state index in [1.54, 1.807) is 24.2 Å². The van der Waals surface area contributed by atoms with Crippen molar-refractivity contribution in [2.45, 2.75) is 56.5 Å². The van der Waals surface area contributed by atoms with Gasteiger partial charge in [0.2, 0.25) is 0 Å². The van der Waals surface area contributed by atoms with Crippen LogP contribution in [0.4, 0.5) is 11.5 Å². The Bertz CT molecular complexity index is 1020. The second-order valence-corrected chi connectivity index (χ2v) is 12.0. The largest absolute Gasteiger partial charge is 0.469 e. The predicted octanol–water partition coefficient (Wildman–Crippen LogP) is 5.37. The number of carbonyl (C=O) groups is 1.